The van der Waals surface area contributed by atoms with Crippen LogP contribution in [0.3, 0.4) is 0 Å². The number of fused-ring (bicyclic) bond motifs is 1. The van der Waals surface area contributed by atoms with Gasteiger partial charge in [-0.2, -0.15) is 0 Å². The van der Waals surface area contributed by atoms with Crippen LogP contribution in [0, 0.1) is 0 Å². The Hall–Kier alpha value is -4.26. The number of amides is 3. The molecule has 3 amide bonds. The van der Waals surface area contributed by atoms with Crippen molar-refractivity contribution in [3.63, 3.8) is 0 Å². The predicted molar refractivity (Wildman–Crippen MR) is 120 cm³/mol. The van der Waals surface area contributed by atoms with Gasteiger partial charge in [-0.15, -0.1) is 0 Å². The van der Waals surface area contributed by atoms with Gasteiger partial charge in [-0.1, -0.05) is 72.8 Å². The molecule has 1 aliphatic heterocycles. The van der Waals surface area contributed by atoms with Gasteiger partial charge in [-0.3, -0.25) is 24.1 Å². The largest absolute Gasteiger partial charge is 0.454 e. The van der Waals surface area contributed by atoms with Crippen molar-refractivity contribution in [1.29, 1.82) is 0 Å². The lowest BCUT2D eigenvalue weighted by Crippen LogP contribution is -2.38. The van der Waals surface area contributed by atoms with Gasteiger partial charge < -0.3 is 10.1 Å². The van der Waals surface area contributed by atoms with E-state index >= 15 is 0 Å². The molecule has 0 fully saturated rings. The molecule has 0 bridgehead atoms. The van der Waals surface area contributed by atoms with Crippen LogP contribution >= 0.6 is 0 Å². The lowest BCUT2D eigenvalue weighted by atomic mass is 9.99. The summed E-state index contributed by atoms with van der Waals surface area (Å²) in [6.45, 7) is -1.06. The number of carbonyl (C=O) groups excluding carboxylic acids is 4. The fourth-order valence-corrected chi connectivity index (χ4v) is 3.73. The van der Waals surface area contributed by atoms with Crippen molar-refractivity contribution in [2.24, 2.45) is 0 Å². The Morgan fingerprint density at radius 3 is 1.94 bits per heavy atom. The van der Waals surface area contributed by atoms with E-state index in [1.54, 1.807) is 12.1 Å². The number of hydrogen-bond donors (Lipinski definition) is 1. The van der Waals surface area contributed by atoms with Crippen LogP contribution in [0.25, 0.3) is 0 Å². The first-order valence-electron chi connectivity index (χ1n) is 10.5. The molecule has 0 spiro atoms. The van der Waals surface area contributed by atoms with E-state index in [-0.39, 0.29) is 17.2 Å². The zero-order chi connectivity index (χ0) is 23.2. The lowest BCUT2D eigenvalue weighted by Gasteiger charge is -2.20. The van der Waals surface area contributed by atoms with E-state index in [9.17, 15) is 19.2 Å². The average Bonchev–Trinajstić information content (AvgIpc) is 3.08. The summed E-state index contributed by atoms with van der Waals surface area (Å²) in [5.41, 5.74) is 2.47. The molecule has 0 radical (unpaired) electrons. The highest BCUT2D eigenvalue weighted by molar-refractivity contribution is 6.22. The zero-order valence-corrected chi connectivity index (χ0v) is 17.8. The number of hydrogen-bond acceptors (Lipinski definition) is 5. The maximum atomic E-state index is 12.5. The molecule has 1 aliphatic rings. The van der Waals surface area contributed by atoms with Crippen LogP contribution in [0.5, 0.6) is 0 Å². The zero-order valence-electron chi connectivity index (χ0n) is 17.8. The molecule has 3 aromatic rings. The van der Waals surface area contributed by atoms with Crippen LogP contribution in [0.2, 0.25) is 0 Å². The van der Waals surface area contributed by atoms with Crippen LogP contribution in [0.1, 0.15) is 37.9 Å². The van der Waals surface area contributed by atoms with Crippen molar-refractivity contribution in [2.45, 2.75) is 12.5 Å². The summed E-state index contributed by atoms with van der Waals surface area (Å²) in [6.07, 6.45) is 0.569. The van der Waals surface area contributed by atoms with Crippen molar-refractivity contribution in [2.75, 3.05) is 13.2 Å². The van der Waals surface area contributed by atoms with Crippen molar-refractivity contribution in [3.05, 3.63) is 107 Å². The molecule has 1 N–H and O–H groups in total. The van der Waals surface area contributed by atoms with Crippen LogP contribution < -0.4 is 5.32 Å². The number of benzene rings is 3. The number of imide groups is 1. The van der Waals surface area contributed by atoms with Crippen LogP contribution in [0.4, 0.5) is 0 Å². The summed E-state index contributed by atoms with van der Waals surface area (Å²) < 4.78 is 5.05. The van der Waals surface area contributed by atoms with Gasteiger partial charge in [0.1, 0.15) is 6.54 Å². The number of ether oxygens (including phenoxy) is 1. The molecule has 0 saturated heterocycles. The molecule has 166 valence electrons. The van der Waals surface area contributed by atoms with Gasteiger partial charge in [0.05, 0.1) is 17.2 Å². The molecule has 7 nitrogen and oxygen atoms in total. The number of carbonyl (C=O) groups is 4. The molecule has 0 saturated carbocycles. The standard InChI is InChI=1S/C26H22N2O5/c29-23(27-22(19-11-5-2-6-12-19)15-18-9-3-1-4-10-18)17-33-24(30)16-28-25(31)20-13-7-8-14-21(20)26(28)32/h1-14,22H,15-17H2,(H,27,29). The SMILES string of the molecule is O=C(COC(=O)CN1C(=O)c2ccccc2C1=O)NC(Cc1ccccc1)c1ccccc1. The van der Waals surface area contributed by atoms with Gasteiger partial charge in [0.15, 0.2) is 6.61 Å². The fraction of sp³-hybridized carbons (Fsp3) is 0.154. The Morgan fingerprint density at radius 1 is 0.788 bits per heavy atom. The van der Waals surface area contributed by atoms with Crippen molar-refractivity contribution in [1.82, 2.24) is 10.2 Å². The van der Waals surface area contributed by atoms with Crippen molar-refractivity contribution >= 4 is 23.7 Å². The minimum Gasteiger partial charge on any atom is -0.454 e. The highest BCUT2D eigenvalue weighted by Gasteiger charge is 2.36. The third kappa shape index (κ3) is 5.15. The molecule has 0 aromatic heterocycles. The van der Waals surface area contributed by atoms with Crippen molar-refractivity contribution < 1.29 is 23.9 Å². The Labute approximate surface area is 191 Å². The van der Waals surface area contributed by atoms with E-state index in [0.717, 1.165) is 16.0 Å². The Kier molecular flexibility index (Phi) is 6.59. The van der Waals surface area contributed by atoms with E-state index in [1.165, 1.54) is 12.1 Å². The van der Waals surface area contributed by atoms with Gasteiger partial charge in [0.2, 0.25) is 0 Å². The summed E-state index contributed by atoms with van der Waals surface area (Å²) in [4.78, 5) is 50.4. The molecule has 1 unspecified atom stereocenters. The van der Waals surface area contributed by atoms with E-state index < -0.39 is 36.8 Å². The lowest BCUT2D eigenvalue weighted by molar-refractivity contribution is -0.148. The van der Waals surface area contributed by atoms with Crippen LogP contribution in [0.15, 0.2) is 84.9 Å². The Balaban J connectivity index is 1.34. The normalized spacial score (nSPS) is 13.4. The van der Waals surface area contributed by atoms with Gasteiger partial charge in [-0.05, 0) is 29.7 Å². The maximum Gasteiger partial charge on any atom is 0.326 e. The topological polar surface area (TPSA) is 92.8 Å². The van der Waals surface area contributed by atoms with E-state index in [2.05, 4.69) is 5.32 Å². The monoisotopic (exact) mass is 442 g/mol. The average molecular weight is 442 g/mol. The first-order valence-corrected chi connectivity index (χ1v) is 10.5. The molecule has 0 aliphatic carbocycles. The second-order valence-electron chi connectivity index (χ2n) is 7.62. The van der Waals surface area contributed by atoms with Crippen LogP contribution in [-0.2, 0) is 20.7 Å². The molecule has 3 aromatic carbocycles. The van der Waals surface area contributed by atoms with Crippen molar-refractivity contribution in [3.8, 4) is 0 Å². The van der Waals surface area contributed by atoms with E-state index in [1.807, 2.05) is 60.7 Å². The molecule has 7 heteroatoms. The van der Waals surface area contributed by atoms with Gasteiger partial charge in [0.25, 0.3) is 17.7 Å². The second-order valence-corrected chi connectivity index (χ2v) is 7.62. The predicted octanol–water partition coefficient (Wildman–Crippen LogP) is 2.93. The highest BCUT2D eigenvalue weighted by Crippen LogP contribution is 2.22. The number of nitrogens with one attached hydrogen (secondary N) is 1. The molecule has 1 heterocycles. The molecular formula is C26H22N2O5. The Bertz CT molecular complexity index is 1140. The summed E-state index contributed by atoms with van der Waals surface area (Å²) in [5.74, 6) is -2.41. The minimum absolute atomic E-state index is 0.250. The van der Waals surface area contributed by atoms with Gasteiger partial charge in [0, 0.05) is 0 Å². The third-order valence-corrected chi connectivity index (χ3v) is 5.35. The Morgan fingerprint density at radius 2 is 1.33 bits per heavy atom. The number of esters is 1. The van der Waals surface area contributed by atoms with E-state index in [4.69, 9.17) is 4.74 Å². The van der Waals surface area contributed by atoms with E-state index in [0.29, 0.717) is 6.42 Å². The van der Waals surface area contributed by atoms with Gasteiger partial charge >= 0.3 is 5.97 Å². The quantitative estimate of drug-likeness (QED) is 0.428. The second kappa shape index (κ2) is 9.91. The summed E-state index contributed by atoms with van der Waals surface area (Å²) >= 11 is 0. The third-order valence-electron chi connectivity index (χ3n) is 5.35. The molecule has 33 heavy (non-hydrogen) atoms. The fourth-order valence-electron chi connectivity index (χ4n) is 3.73. The molecular weight excluding hydrogens is 420 g/mol. The minimum atomic E-state index is -0.834. The summed E-state index contributed by atoms with van der Waals surface area (Å²) in [7, 11) is 0. The summed E-state index contributed by atoms with van der Waals surface area (Å²) in [5, 5.41) is 2.90. The molecule has 4 rings (SSSR count). The van der Waals surface area contributed by atoms with Crippen LogP contribution in [-0.4, -0.2) is 41.7 Å². The smallest absolute Gasteiger partial charge is 0.326 e. The van der Waals surface area contributed by atoms with Gasteiger partial charge in [-0.25, -0.2) is 0 Å². The number of rotatable bonds is 8. The number of nitrogens with zero attached hydrogens (tertiary/aromatic N) is 1. The maximum absolute atomic E-state index is 12.5. The molecule has 1 atom stereocenters. The first kappa shape index (κ1) is 22.0. The highest BCUT2D eigenvalue weighted by atomic mass is 16.5. The first-order chi connectivity index (χ1) is 16.0. The summed E-state index contributed by atoms with van der Waals surface area (Å²) in [6, 6.07) is 25.3.